The van der Waals surface area contributed by atoms with Gasteiger partial charge in [-0.15, -0.1) is 0 Å². The highest BCUT2D eigenvalue weighted by Gasteiger charge is 2.15. The summed E-state index contributed by atoms with van der Waals surface area (Å²) in [6.45, 7) is 1.53. The van der Waals surface area contributed by atoms with Crippen LogP contribution in [0.25, 0.3) is 0 Å². The molecule has 0 unspecified atom stereocenters. The van der Waals surface area contributed by atoms with Gasteiger partial charge in [-0.1, -0.05) is 0 Å². The van der Waals surface area contributed by atoms with Crippen molar-refractivity contribution in [1.29, 1.82) is 0 Å². The number of hydrazine groups is 1. The zero-order valence-electron chi connectivity index (χ0n) is 12.3. The van der Waals surface area contributed by atoms with E-state index in [1.54, 1.807) is 7.11 Å². The SMILES string of the molecule is COc1ccc(NC(=S)NNC(=S)NC[C@@H]2CCCO2)cc1. The summed E-state index contributed by atoms with van der Waals surface area (Å²) in [6.07, 6.45) is 2.42. The molecule has 0 spiro atoms. The Hall–Kier alpha value is -1.64. The highest BCUT2D eigenvalue weighted by Crippen LogP contribution is 2.14. The maximum atomic E-state index is 5.51. The fourth-order valence-electron chi connectivity index (χ4n) is 2.01. The van der Waals surface area contributed by atoms with E-state index in [9.17, 15) is 0 Å². The maximum absolute atomic E-state index is 5.51. The molecule has 0 bridgehead atoms. The molecule has 0 amide bonds. The summed E-state index contributed by atoms with van der Waals surface area (Å²) in [4.78, 5) is 0. The number of hydrogen-bond donors (Lipinski definition) is 4. The molecule has 1 aliphatic rings. The van der Waals surface area contributed by atoms with Crippen molar-refractivity contribution < 1.29 is 9.47 Å². The Morgan fingerprint density at radius 2 is 1.95 bits per heavy atom. The average molecular weight is 340 g/mol. The van der Waals surface area contributed by atoms with E-state index in [0.717, 1.165) is 30.9 Å². The number of rotatable bonds is 4. The molecule has 1 aliphatic heterocycles. The maximum Gasteiger partial charge on any atom is 0.189 e. The summed E-state index contributed by atoms with van der Waals surface area (Å²) in [5.41, 5.74) is 6.52. The van der Waals surface area contributed by atoms with Gasteiger partial charge in [0.1, 0.15) is 5.75 Å². The molecular formula is C14H20N4O2S2. The van der Waals surface area contributed by atoms with Crippen LogP contribution in [0, 0.1) is 0 Å². The Morgan fingerprint density at radius 3 is 2.59 bits per heavy atom. The third-order valence-electron chi connectivity index (χ3n) is 3.15. The van der Waals surface area contributed by atoms with Crippen molar-refractivity contribution in [2.24, 2.45) is 0 Å². The van der Waals surface area contributed by atoms with Gasteiger partial charge in [-0.3, -0.25) is 10.9 Å². The molecule has 0 aliphatic carbocycles. The molecule has 8 heteroatoms. The standard InChI is InChI=1S/C14H20N4O2S2/c1-19-11-6-4-10(5-7-11)16-14(22)18-17-13(21)15-9-12-3-2-8-20-12/h4-7,12H,2-3,8-9H2,1H3,(H2,15,17,21)(H2,16,18,22)/t12-/m0/s1. The van der Waals surface area contributed by atoms with Gasteiger partial charge in [-0.05, 0) is 61.5 Å². The lowest BCUT2D eigenvalue weighted by molar-refractivity contribution is 0.114. The van der Waals surface area contributed by atoms with E-state index in [1.807, 2.05) is 24.3 Å². The molecule has 2 rings (SSSR count). The summed E-state index contributed by atoms with van der Waals surface area (Å²) in [5, 5.41) is 7.03. The van der Waals surface area contributed by atoms with Crippen molar-refractivity contribution in [1.82, 2.24) is 16.2 Å². The third-order valence-corrected chi connectivity index (χ3v) is 3.60. The summed E-state index contributed by atoms with van der Waals surface area (Å²) >= 11 is 10.3. The van der Waals surface area contributed by atoms with Crippen LogP contribution in [-0.4, -0.2) is 36.6 Å². The first-order chi connectivity index (χ1) is 10.7. The van der Waals surface area contributed by atoms with E-state index in [0.29, 0.717) is 16.8 Å². The molecule has 1 aromatic rings. The lowest BCUT2D eigenvalue weighted by Gasteiger charge is -2.16. The van der Waals surface area contributed by atoms with Gasteiger partial charge in [0.2, 0.25) is 0 Å². The fraction of sp³-hybridized carbons (Fsp3) is 0.429. The number of benzene rings is 1. The number of anilines is 1. The van der Waals surface area contributed by atoms with Crippen molar-refractivity contribution in [2.75, 3.05) is 25.6 Å². The first-order valence-corrected chi connectivity index (χ1v) is 7.85. The molecule has 6 nitrogen and oxygen atoms in total. The van der Waals surface area contributed by atoms with Crippen LogP contribution >= 0.6 is 24.4 Å². The molecular weight excluding hydrogens is 320 g/mol. The van der Waals surface area contributed by atoms with Gasteiger partial charge in [0.15, 0.2) is 10.2 Å². The predicted octanol–water partition coefficient (Wildman–Crippen LogP) is 1.54. The minimum absolute atomic E-state index is 0.240. The molecule has 1 saturated heterocycles. The normalized spacial score (nSPS) is 16.7. The molecule has 1 heterocycles. The van der Waals surface area contributed by atoms with Gasteiger partial charge in [0.05, 0.1) is 13.2 Å². The van der Waals surface area contributed by atoms with E-state index in [1.165, 1.54) is 0 Å². The quantitative estimate of drug-likeness (QED) is 0.486. The van der Waals surface area contributed by atoms with Crippen LogP contribution in [0.3, 0.4) is 0 Å². The number of hydrogen-bond acceptors (Lipinski definition) is 4. The minimum atomic E-state index is 0.240. The molecule has 1 aromatic carbocycles. The van der Waals surface area contributed by atoms with Gasteiger partial charge in [0.25, 0.3) is 0 Å². The van der Waals surface area contributed by atoms with Crippen LogP contribution in [0.5, 0.6) is 5.75 Å². The van der Waals surface area contributed by atoms with Crippen molar-refractivity contribution in [3.8, 4) is 5.75 Å². The lowest BCUT2D eigenvalue weighted by Crippen LogP contribution is -2.49. The van der Waals surface area contributed by atoms with Gasteiger partial charge in [0, 0.05) is 18.8 Å². The Bertz CT molecular complexity index is 504. The van der Waals surface area contributed by atoms with E-state index >= 15 is 0 Å². The lowest BCUT2D eigenvalue weighted by atomic mass is 10.2. The monoisotopic (exact) mass is 340 g/mol. The van der Waals surface area contributed by atoms with Crippen LogP contribution in [-0.2, 0) is 4.74 Å². The second kappa shape index (κ2) is 8.72. The third kappa shape index (κ3) is 5.63. The first kappa shape index (κ1) is 16.7. The average Bonchev–Trinajstić information content (AvgIpc) is 3.05. The molecule has 4 N–H and O–H groups in total. The second-order valence-corrected chi connectivity index (χ2v) is 5.59. The summed E-state index contributed by atoms with van der Waals surface area (Å²) < 4.78 is 10.6. The van der Waals surface area contributed by atoms with Crippen molar-refractivity contribution >= 4 is 40.3 Å². The number of nitrogens with one attached hydrogen (secondary N) is 4. The number of methoxy groups -OCH3 is 1. The van der Waals surface area contributed by atoms with Gasteiger partial charge in [-0.2, -0.15) is 0 Å². The highest BCUT2D eigenvalue weighted by molar-refractivity contribution is 7.80. The largest absolute Gasteiger partial charge is 0.497 e. The Balaban J connectivity index is 1.64. The molecule has 1 fully saturated rings. The number of thiocarbonyl (C=S) groups is 2. The molecule has 1 atom stereocenters. The van der Waals surface area contributed by atoms with Gasteiger partial charge < -0.3 is 20.1 Å². The van der Waals surface area contributed by atoms with Crippen LogP contribution < -0.4 is 26.2 Å². The summed E-state index contributed by atoms with van der Waals surface area (Å²) in [7, 11) is 1.63. The molecule has 22 heavy (non-hydrogen) atoms. The van der Waals surface area contributed by atoms with Crippen molar-refractivity contribution in [3.63, 3.8) is 0 Å². The zero-order valence-corrected chi connectivity index (χ0v) is 14.0. The second-order valence-electron chi connectivity index (χ2n) is 4.78. The van der Waals surface area contributed by atoms with E-state index in [2.05, 4.69) is 21.5 Å². The highest BCUT2D eigenvalue weighted by atomic mass is 32.1. The molecule has 0 saturated carbocycles. The fourth-order valence-corrected chi connectivity index (χ4v) is 2.31. The predicted molar refractivity (Wildman–Crippen MR) is 95.1 cm³/mol. The van der Waals surface area contributed by atoms with Crippen molar-refractivity contribution in [2.45, 2.75) is 18.9 Å². The Morgan fingerprint density at radius 1 is 1.23 bits per heavy atom. The number of ether oxygens (including phenoxy) is 2. The first-order valence-electron chi connectivity index (χ1n) is 7.04. The van der Waals surface area contributed by atoms with E-state index < -0.39 is 0 Å². The van der Waals surface area contributed by atoms with Crippen LogP contribution in [0.1, 0.15) is 12.8 Å². The Kier molecular flexibility index (Phi) is 6.63. The zero-order chi connectivity index (χ0) is 15.8. The summed E-state index contributed by atoms with van der Waals surface area (Å²) in [6, 6.07) is 7.46. The molecule has 0 aromatic heterocycles. The summed E-state index contributed by atoms with van der Waals surface area (Å²) in [5.74, 6) is 0.794. The van der Waals surface area contributed by atoms with Crippen LogP contribution in [0.4, 0.5) is 5.69 Å². The van der Waals surface area contributed by atoms with Crippen LogP contribution in [0.2, 0.25) is 0 Å². The van der Waals surface area contributed by atoms with Gasteiger partial charge in [-0.25, -0.2) is 0 Å². The van der Waals surface area contributed by atoms with E-state index in [-0.39, 0.29) is 6.10 Å². The molecule has 0 radical (unpaired) electrons. The van der Waals surface area contributed by atoms with Gasteiger partial charge >= 0.3 is 0 Å². The topological polar surface area (TPSA) is 66.6 Å². The van der Waals surface area contributed by atoms with Crippen molar-refractivity contribution in [3.05, 3.63) is 24.3 Å². The minimum Gasteiger partial charge on any atom is -0.497 e. The molecule has 120 valence electrons. The van der Waals surface area contributed by atoms with E-state index in [4.69, 9.17) is 33.9 Å². The Labute approximate surface area is 140 Å². The van der Waals surface area contributed by atoms with Crippen LogP contribution in [0.15, 0.2) is 24.3 Å². The smallest absolute Gasteiger partial charge is 0.189 e.